The molecule has 1 saturated carbocycles. The Kier molecular flexibility index (Phi) is 5.43. The van der Waals surface area contributed by atoms with Crippen molar-refractivity contribution in [1.82, 2.24) is 4.57 Å². The Balaban J connectivity index is 2.10. The summed E-state index contributed by atoms with van der Waals surface area (Å²) in [5, 5.41) is 20.8. The van der Waals surface area contributed by atoms with Gasteiger partial charge in [0, 0.05) is 17.3 Å². The third-order valence-corrected chi connectivity index (χ3v) is 5.15. The Hall–Kier alpha value is -2.58. The largest absolute Gasteiger partial charge is 0.494 e. The van der Waals surface area contributed by atoms with Gasteiger partial charge in [-0.1, -0.05) is 30.9 Å². The number of nitriles is 1. The molecule has 0 radical (unpaired) electrons. The SMILES string of the molecule is Cc1c(C=Nc2ccc(Cl)cc2)c(O)n(C2CCCCC2)c(=O)c1C#N. The van der Waals surface area contributed by atoms with Crippen LogP contribution in [-0.4, -0.2) is 15.9 Å². The number of rotatable bonds is 3. The van der Waals surface area contributed by atoms with Crippen molar-refractivity contribution in [3.63, 3.8) is 0 Å². The van der Waals surface area contributed by atoms with Gasteiger partial charge in [-0.05, 0) is 49.6 Å². The van der Waals surface area contributed by atoms with E-state index in [4.69, 9.17) is 11.6 Å². The van der Waals surface area contributed by atoms with Gasteiger partial charge in [0.1, 0.15) is 11.6 Å². The summed E-state index contributed by atoms with van der Waals surface area (Å²) in [5.41, 5.74) is 1.16. The Morgan fingerprint density at radius 1 is 1.27 bits per heavy atom. The summed E-state index contributed by atoms with van der Waals surface area (Å²) >= 11 is 5.88. The molecule has 134 valence electrons. The van der Waals surface area contributed by atoms with Gasteiger partial charge >= 0.3 is 0 Å². The normalized spacial score (nSPS) is 15.3. The molecule has 1 aromatic heterocycles. The fourth-order valence-electron chi connectivity index (χ4n) is 3.44. The summed E-state index contributed by atoms with van der Waals surface area (Å²) in [6.45, 7) is 1.66. The zero-order chi connectivity index (χ0) is 18.7. The maximum Gasteiger partial charge on any atom is 0.271 e. The maximum atomic E-state index is 12.7. The molecule has 0 amide bonds. The molecule has 1 heterocycles. The van der Waals surface area contributed by atoms with Crippen LogP contribution in [-0.2, 0) is 0 Å². The Labute approximate surface area is 157 Å². The van der Waals surface area contributed by atoms with Crippen LogP contribution in [0.1, 0.15) is 54.8 Å². The third kappa shape index (κ3) is 3.51. The van der Waals surface area contributed by atoms with Gasteiger partial charge in [-0.2, -0.15) is 5.26 Å². The zero-order valence-electron chi connectivity index (χ0n) is 14.6. The molecule has 2 aromatic rings. The Morgan fingerprint density at radius 3 is 2.54 bits per heavy atom. The Morgan fingerprint density at radius 2 is 1.92 bits per heavy atom. The van der Waals surface area contributed by atoms with E-state index in [0.717, 1.165) is 32.1 Å². The molecule has 0 unspecified atom stereocenters. The lowest BCUT2D eigenvalue weighted by atomic mass is 9.94. The van der Waals surface area contributed by atoms with Gasteiger partial charge in [-0.25, -0.2) is 0 Å². The molecule has 3 rings (SSSR count). The average molecular weight is 370 g/mol. The molecule has 0 bridgehead atoms. The van der Waals surface area contributed by atoms with Gasteiger partial charge in [0.25, 0.3) is 5.56 Å². The maximum absolute atomic E-state index is 12.7. The lowest BCUT2D eigenvalue weighted by Gasteiger charge is -2.26. The van der Waals surface area contributed by atoms with E-state index in [9.17, 15) is 15.2 Å². The second-order valence-electron chi connectivity index (χ2n) is 6.55. The molecule has 0 saturated heterocycles. The van der Waals surface area contributed by atoms with Crippen LogP contribution >= 0.6 is 11.6 Å². The van der Waals surface area contributed by atoms with Crippen molar-refractivity contribution >= 4 is 23.5 Å². The highest BCUT2D eigenvalue weighted by atomic mass is 35.5. The van der Waals surface area contributed by atoms with E-state index in [2.05, 4.69) is 4.99 Å². The molecule has 6 heteroatoms. The lowest BCUT2D eigenvalue weighted by Crippen LogP contribution is -2.30. The third-order valence-electron chi connectivity index (χ3n) is 4.90. The Bertz CT molecular complexity index is 933. The highest BCUT2D eigenvalue weighted by molar-refractivity contribution is 6.30. The van der Waals surface area contributed by atoms with Crippen LogP contribution in [0.4, 0.5) is 5.69 Å². The monoisotopic (exact) mass is 369 g/mol. The molecule has 5 nitrogen and oxygen atoms in total. The minimum Gasteiger partial charge on any atom is -0.494 e. The highest BCUT2D eigenvalue weighted by Gasteiger charge is 2.24. The summed E-state index contributed by atoms with van der Waals surface area (Å²) in [4.78, 5) is 17.1. The molecule has 0 spiro atoms. The van der Waals surface area contributed by atoms with E-state index in [1.807, 2.05) is 6.07 Å². The smallest absolute Gasteiger partial charge is 0.271 e. The second kappa shape index (κ2) is 7.76. The molecule has 1 fully saturated rings. The lowest BCUT2D eigenvalue weighted by molar-refractivity contribution is 0.303. The number of aromatic hydroxyl groups is 1. The molecule has 1 aliphatic carbocycles. The molecule has 1 aliphatic rings. The number of benzene rings is 1. The predicted octanol–water partition coefficient (Wildman–Crippen LogP) is 4.64. The van der Waals surface area contributed by atoms with E-state index in [1.165, 1.54) is 10.8 Å². The van der Waals surface area contributed by atoms with Gasteiger partial charge < -0.3 is 5.11 Å². The van der Waals surface area contributed by atoms with Crippen LogP contribution in [0.2, 0.25) is 5.02 Å². The standard InChI is InChI=1S/C20H20ClN3O2/c1-13-17(11-22)19(25)24(16-5-3-2-4-6-16)20(26)18(13)12-23-15-9-7-14(21)8-10-15/h7-10,12,16,26H,2-6H2,1H3. The summed E-state index contributed by atoms with van der Waals surface area (Å²) in [6, 6.07) is 8.88. The number of nitrogens with zero attached hydrogens (tertiary/aromatic N) is 3. The number of hydrogen-bond donors (Lipinski definition) is 1. The van der Waals surface area contributed by atoms with Crippen molar-refractivity contribution in [2.45, 2.75) is 45.1 Å². The van der Waals surface area contributed by atoms with E-state index < -0.39 is 5.56 Å². The summed E-state index contributed by atoms with van der Waals surface area (Å²) in [7, 11) is 0. The van der Waals surface area contributed by atoms with Crippen molar-refractivity contribution < 1.29 is 5.11 Å². The minimum atomic E-state index is -0.418. The quantitative estimate of drug-likeness (QED) is 0.800. The predicted molar refractivity (Wildman–Crippen MR) is 103 cm³/mol. The van der Waals surface area contributed by atoms with Gasteiger partial charge in [0.2, 0.25) is 5.88 Å². The molecule has 1 aromatic carbocycles. The average Bonchev–Trinajstić information content (AvgIpc) is 2.64. The van der Waals surface area contributed by atoms with Crippen molar-refractivity contribution in [3.05, 3.63) is 56.3 Å². The van der Waals surface area contributed by atoms with E-state index >= 15 is 0 Å². The molecule has 0 atom stereocenters. The summed E-state index contributed by atoms with van der Waals surface area (Å²) in [5.74, 6) is -0.115. The van der Waals surface area contributed by atoms with E-state index in [1.54, 1.807) is 31.2 Å². The van der Waals surface area contributed by atoms with E-state index in [-0.39, 0.29) is 17.5 Å². The first kappa shape index (κ1) is 18.2. The first-order valence-corrected chi connectivity index (χ1v) is 9.08. The molecule has 0 aliphatic heterocycles. The van der Waals surface area contributed by atoms with Gasteiger partial charge in [-0.15, -0.1) is 0 Å². The van der Waals surface area contributed by atoms with Crippen LogP contribution in [0.3, 0.4) is 0 Å². The molecule has 26 heavy (non-hydrogen) atoms. The first-order chi connectivity index (χ1) is 12.5. The molecular formula is C20H20ClN3O2. The van der Waals surface area contributed by atoms with Gasteiger partial charge in [0.15, 0.2) is 0 Å². The highest BCUT2D eigenvalue weighted by Crippen LogP contribution is 2.32. The number of aliphatic imine (C=N–C) groups is 1. The molecular weight excluding hydrogens is 350 g/mol. The fraction of sp³-hybridized carbons (Fsp3) is 0.350. The summed E-state index contributed by atoms with van der Waals surface area (Å²) in [6.07, 6.45) is 6.33. The number of pyridine rings is 1. The van der Waals surface area contributed by atoms with Gasteiger partial charge in [0.05, 0.1) is 11.3 Å². The van der Waals surface area contributed by atoms with E-state index in [0.29, 0.717) is 21.8 Å². The van der Waals surface area contributed by atoms with Crippen molar-refractivity contribution in [2.75, 3.05) is 0 Å². The number of hydrogen-bond acceptors (Lipinski definition) is 4. The van der Waals surface area contributed by atoms with Crippen LogP contribution in [0, 0.1) is 18.3 Å². The molecule has 1 N–H and O–H groups in total. The minimum absolute atomic E-state index is 0.0610. The van der Waals surface area contributed by atoms with Crippen LogP contribution in [0.5, 0.6) is 5.88 Å². The second-order valence-corrected chi connectivity index (χ2v) is 6.99. The van der Waals surface area contributed by atoms with Crippen molar-refractivity contribution in [3.8, 4) is 11.9 Å². The van der Waals surface area contributed by atoms with Crippen LogP contribution in [0.15, 0.2) is 34.1 Å². The number of aromatic nitrogens is 1. The first-order valence-electron chi connectivity index (χ1n) is 8.70. The fourth-order valence-corrected chi connectivity index (χ4v) is 3.57. The zero-order valence-corrected chi connectivity index (χ0v) is 15.3. The van der Waals surface area contributed by atoms with Crippen molar-refractivity contribution in [2.24, 2.45) is 4.99 Å². The van der Waals surface area contributed by atoms with Crippen molar-refractivity contribution in [1.29, 1.82) is 5.26 Å². The number of halogens is 1. The van der Waals surface area contributed by atoms with Gasteiger partial charge in [-0.3, -0.25) is 14.4 Å². The van der Waals surface area contributed by atoms with Crippen LogP contribution < -0.4 is 5.56 Å². The topological polar surface area (TPSA) is 78.4 Å². The summed E-state index contributed by atoms with van der Waals surface area (Å²) < 4.78 is 1.38. The van der Waals surface area contributed by atoms with Crippen LogP contribution in [0.25, 0.3) is 0 Å².